The van der Waals surface area contributed by atoms with Crippen molar-refractivity contribution in [1.82, 2.24) is 18.8 Å². The summed E-state index contributed by atoms with van der Waals surface area (Å²) < 4.78 is 26.6. The minimum atomic E-state index is -3.16. The van der Waals surface area contributed by atoms with Crippen molar-refractivity contribution in [1.29, 1.82) is 0 Å². The Morgan fingerprint density at radius 3 is 2.52 bits per heavy atom. The topological polar surface area (TPSA) is 117 Å². The quantitative estimate of drug-likeness (QED) is 0.746. The lowest BCUT2D eigenvalue weighted by Crippen LogP contribution is -2.42. The van der Waals surface area contributed by atoms with Gasteiger partial charge in [-0.2, -0.15) is 4.98 Å². The van der Waals surface area contributed by atoms with E-state index in [2.05, 4.69) is 15.3 Å². The highest BCUT2D eigenvalue weighted by Gasteiger charge is 2.26. The first-order valence-corrected chi connectivity index (χ1v) is 12.0. The van der Waals surface area contributed by atoms with E-state index in [0.29, 0.717) is 43.1 Å². The molecule has 1 saturated heterocycles. The fourth-order valence-corrected chi connectivity index (χ4v) is 5.25. The van der Waals surface area contributed by atoms with Crippen molar-refractivity contribution in [3.8, 4) is 0 Å². The SMILES string of the molecule is CS(=O)(=O)N1CCC(Nc2ncc3cc(CO)c(=O)n(C4CCCC4)c3n2)CC1. The molecule has 29 heavy (non-hydrogen) atoms. The molecular weight excluding hydrogens is 394 g/mol. The number of piperidine rings is 1. The Bertz CT molecular complexity index is 1050. The van der Waals surface area contributed by atoms with E-state index in [1.54, 1.807) is 16.8 Å². The second kappa shape index (κ2) is 8.00. The molecule has 2 aromatic rings. The van der Waals surface area contributed by atoms with E-state index in [1.807, 2.05) is 0 Å². The number of anilines is 1. The molecule has 2 N–H and O–H groups in total. The van der Waals surface area contributed by atoms with Gasteiger partial charge >= 0.3 is 0 Å². The van der Waals surface area contributed by atoms with Crippen molar-refractivity contribution >= 4 is 27.0 Å². The summed E-state index contributed by atoms with van der Waals surface area (Å²) in [6.45, 7) is 0.633. The second-order valence-electron chi connectivity index (χ2n) is 7.99. The molecular formula is C19H27N5O4S. The summed E-state index contributed by atoms with van der Waals surface area (Å²) in [5.74, 6) is 0.443. The van der Waals surface area contributed by atoms with E-state index in [4.69, 9.17) is 0 Å². The maximum absolute atomic E-state index is 12.9. The summed E-state index contributed by atoms with van der Waals surface area (Å²) in [6.07, 6.45) is 8.28. The summed E-state index contributed by atoms with van der Waals surface area (Å²) in [7, 11) is -3.16. The van der Waals surface area contributed by atoms with Gasteiger partial charge in [0.2, 0.25) is 16.0 Å². The van der Waals surface area contributed by atoms with Crippen LogP contribution in [0, 0.1) is 0 Å². The van der Waals surface area contributed by atoms with Crippen molar-refractivity contribution in [2.75, 3.05) is 24.7 Å². The van der Waals surface area contributed by atoms with Crippen LogP contribution in [-0.4, -0.2) is 57.8 Å². The Labute approximate surface area is 169 Å². The van der Waals surface area contributed by atoms with Crippen molar-refractivity contribution in [2.45, 2.75) is 57.2 Å². The number of rotatable bonds is 5. The summed E-state index contributed by atoms with van der Waals surface area (Å²) >= 11 is 0. The first-order valence-electron chi connectivity index (χ1n) is 10.1. The van der Waals surface area contributed by atoms with E-state index >= 15 is 0 Å². The zero-order valence-electron chi connectivity index (χ0n) is 16.5. The third-order valence-electron chi connectivity index (χ3n) is 5.96. The highest BCUT2D eigenvalue weighted by molar-refractivity contribution is 7.88. The molecule has 1 saturated carbocycles. The Balaban J connectivity index is 1.62. The van der Waals surface area contributed by atoms with Gasteiger partial charge in [0, 0.05) is 42.3 Å². The predicted octanol–water partition coefficient (Wildman–Crippen LogP) is 1.23. The molecule has 10 heteroatoms. The van der Waals surface area contributed by atoms with Crippen molar-refractivity contribution in [3.63, 3.8) is 0 Å². The monoisotopic (exact) mass is 421 g/mol. The highest BCUT2D eigenvalue weighted by Crippen LogP contribution is 2.30. The number of hydrogen-bond donors (Lipinski definition) is 2. The lowest BCUT2D eigenvalue weighted by molar-refractivity contribution is 0.279. The molecule has 0 bridgehead atoms. The van der Waals surface area contributed by atoms with Crippen molar-refractivity contribution in [2.24, 2.45) is 0 Å². The van der Waals surface area contributed by atoms with Crippen molar-refractivity contribution < 1.29 is 13.5 Å². The molecule has 2 aliphatic rings. The molecule has 9 nitrogen and oxygen atoms in total. The number of sulfonamides is 1. The first kappa shape index (κ1) is 20.2. The minimum absolute atomic E-state index is 0.0776. The van der Waals surface area contributed by atoms with Gasteiger partial charge in [0.05, 0.1) is 12.9 Å². The molecule has 0 spiro atoms. The van der Waals surface area contributed by atoms with E-state index in [1.165, 1.54) is 10.6 Å². The van der Waals surface area contributed by atoms with E-state index in [-0.39, 0.29) is 24.2 Å². The number of aliphatic hydroxyl groups excluding tert-OH is 1. The standard InChI is InChI=1S/C19H27N5O4S/c1-29(27,28)23-8-6-15(7-9-23)21-19-20-11-13-10-14(12-25)18(26)24(17(13)22-19)16-4-2-3-5-16/h10-11,15-16,25H,2-9,12H2,1H3,(H,20,21,22). The molecule has 0 atom stereocenters. The van der Waals surface area contributed by atoms with Crippen LogP contribution in [0.1, 0.15) is 50.1 Å². The third kappa shape index (κ3) is 4.15. The zero-order valence-corrected chi connectivity index (χ0v) is 17.4. The second-order valence-corrected chi connectivity index (χ2v) is 9.98. The lowest BCUT2D eigenvalue weighted by atomic mass is 10.1. The zero-order chi connectivity index (χ0) is 20.6. The van der Waals surface area contributed by atoms with Gasteiger partial charge < -0.3 is 10.4 Å². The van der Waals surface area contributed by atoms with Gasteiger partial charge in [0.1, 0.15) is 5.65 Å². The van der Waals surface area contributed by atoms with Crippen LogP contribution in [0.25, 0.3) is 11.0 Å². The van der Waals surface area contributed by atoms with Crippen LogP contribution < -0.4 is 10.9 Å². The number of fused-ring (bicyclic) bond motifs is 1. The Hall–Kier alpha value is -2.04. The van der Waals surface area contributed by atoms with Crippen LogP contribution in [0.15, 0.2) is 17.1 Å². The average Bonchev–Trinajstić information content (AvgIpc) is 3.21. The minimum Gasteiger partial charge on any atom is -0.391 e. The largest absolute Gasteiger partial charge is 0.391 e. The number of pyridine rings is 1. The van der Waals surface area contributed by atoms with E-state index < -0.39 is 10.0 Å². The smallest absolute Gasteiger partial charge is 0.258 e. The van der Waals surface area contributed by atoms with Crippen LogP contribution in [0.4, 0.5) is 5.95 Å². The summed E-state index contributed by atoms with van der Waals surface area (Å²) in [5.41, 5.74) is 0.769. The van der Waals surface area contributed by atoms with Crippen LogP contribution in [0.5, 0.6) is 0 Å². The molecule has 0 radical (unpaired) electrons. The molecule has 0 aromatic carbocycles. The highest BCUT2D eigenvalue weighted by atomic mass is 32.2. The van der Waals surface area contributed by atoms with Gasteiger partial charge in [-0.15, -0.1) is 0 Å². The number of aliphatic hydroxyl groups is 1. The lowest BCUT2D eigenvalue weighted by Gasteiger charge is -2.30. The van der Waals surface area contributed by atoms with Crippen LogP contribution >= 0.6 is 0 Å². The molecule has 1 aliphatic heterocycles. The number of nitrogens with zero attached hydrogens (tertiary/aromatic N) is 4. The average molecular weight is 422 g/mol. The van der Waals surface area contributed by atoms with Gasteiger partial charge in [-0.3, -0.25) is 9.36 Å². The van der Waals surface area contributed by atoms with E-state index in [0.717, 1.165) is 31.1 Å². The molecule has 3 heterocycles. The summed E-state index contributed by atoms with van der Waals surface area (Å²) in [5, 5.41) is 13.6. The van der Waals surface area contributed by atoms with Crippen LogP contribution in [-0.2, 0) is 16.6 Å². The Morgan fingerprint density at radius 1 is 1.21 bits per heavy atom. The molecule has 158 valence electrons. The van der Waals surface area contributed by atoms with Gasteiger partial charge in [-0.25, -0.2) is 17.7 Å². The number of nitrogens with one attached hydrogen (secondary N) is 1. The van der Waals surface area contributed by atoms with Gasteiger partial charge in [-0.1, -0.05) is 12.8 Å². The molecule has 0 unspecified atom stereocenters. The fraction of sp³-hybridized carbons (Fsp3) is 0.632. The van der Waals surface area contributed by atoms with Gasteiger partial charge in [0.25, 0.3) is 5.56 Å². The number of aromatic nitrogens is 3. The van der Waals surface area contributed by atoms with Crippen LogP contribution in [0.3, 0.4) is 0 Å². The molecule has 4 rings (SSSR count). The normalized spacial score (nSPS) is 19.8. The molecule has 2 aromatic heterocycles. The molecule has 2 fully saturated rings. The number of hydrogen-bond acceptors (Lipinski definition) is 7. The molecule has 0 amide bonds. The van der Waals surface area contributed by atoms with Gasteiger partial charge in [-0.05, 0) is 31.7 Å². The van der Waals surface area contributed by atoms with Crippen molar-refractivity contribution in [3.05, 3.63) is 28.2 Å². The predicted molar refractivity (Wildman–Crippen MR) is 110 cm³/mol. The maximum Gasteiger partial charge on any atom is 0.258 e. The van der Waals surface area contributed by atoms with E-state index in [9.17, 15) is 18.3 Å². The van der Waals surface area contributed by atoms with Gasteiger partial charge in [0.15, 0.2) is 0 Å². The van der Waals surface area contributed by atoms with Crippen LogP contribution in [0.2, 0.25) is 0 Å². The fourth-order valence-electron chi connectivity index (χ4n) is 4.38. The molecule has 1 aliphatic carbocycles. The third-order valence-corrected chi connectivity index (χ3v) is 7.27. The summed E-state index contributed by atoms with van der Waals surface area (Å²) in [4.78, 5) is 21.9. The first-order chi connectivity index (χ1) is 13.9. The summed E-state index contributed by atoms with van der Waals surface area (Å²) in [6, 6.07) is 1.84. The Kier molecular flexibility index (Phi) is 5.58. The Morgan fingerprint density at radius 2 is 1.90 bits per heavy atom. The maximum atomic E-state index is 12.9.